The molecule has 10 aromatic carbocycles. The first-order valence-electron chi connectivity index (χ1n) is 28.2. The smallest absolute Gasteiger partial charge is 0.121 e. The number of rotatable bonds is 9. The molecule has 0 fully saturated rings. The third-order valence-corrected chi connectivity index (χ3v) is 15.0. The summed E-state index contributed by atoms with van der Waals surface area (Å²) < 4.78 is 37.2. The molecule has 0 saturated heterocycles. The quantitative estimate of drug-likeness (QED) is 0.107. The molecule has 13 rings (SSSR count). The third-order valence-electron chi connectivity index (χ3n) is 15.0. The summed E-state index contributed by atoms with van der Waals surface area (Å²) in [6, 6.07) is 71.5. The molecule has 0 aliphatic heterocycles. The molecule has 77 heavy (non-hydrogen) atoms. The number of aromatic nitrogens is 4. The van der Waals surface area contributed by atoms with Crippen LogP contribution in [0.15, 0.2) is 192 Å². The molecule has 0 N–H and O–H groups in total. The Morgan fingerprint density at radius 1 is 0.481 bits per heavy atom. The SMILES string of the molecule is CC(C)c1cccc(C(C)C)c1-n1c(-c2[c-]cccc2)nc2ccccc21.[2H]C([2H])([2H])c1c[c-]c(-c2nc3ccccc3n2-c2c(C(C)C)cc(-c3ccccc3)cc2C(C)C)c2oc3cc4ccc5ccccc5c4cc3c12.[Ir]. The maximum Gasteiger partial charge on any atom is 0.121 e. The van der Waals surface area contributed by atoms with Crippen molar-refractivity contribution in [2.45, 2.75) is 85.9 Å². The van der Waals surface area contributed by atoms with Crippen molar-refractivity contribution in [1.82, 2.24) is 19.1 Å². The van der Waals surface area contributed by atoms with E-state index >= 15 is 0 Å². The molecule has 0 unspecified atom stereocenters. The predicted molar refractivity (Wildman–Crippen MR) is 320 cm³/mol. The average molecular weight is 1180 g/mol. The van der Waals surface area contributed by atoms with E-state index in [-0.39, 0.29) is 37.5 Å². The molecule has 13 aromatic rings. The first-order chi connectivity index (χ1) is 38.2. The van der Waals surface area contributed by atoms with E-state index in [4.69, 9.17) is 18.5 Å². The van der Waals surface area contributed by atoms with Gasteiger partial charge in [0.2, 0.25) is 0 Å². The van der Waals surface area contributed by atoms with Crippen LogP contribution in [-0.4, -0.2) is 19.1 Å². The minimum Gasteiger partial charge on any atom is -0.501 e. The standard InChI is InChI=1S/C46H37N2O.C25H25N2.Ir/c1-27(2)36-23-33(30-13-7-6-8-14-30)24-37(28(3)4)44(36)48-41-18-12-11-17-40(41)47-46(48)35-22-19-29(5)43-39-26-38-32(25-42(39)49-45(35)43)21-20-31-15-9-10-16-34(31)38;1-17(2)20-13-10-14-21(18(3)4)24(20)27-23-16-9-8-15-22(23)26-25(27)19-11-6-5-7-12-19;/h6-21,23-28H,1-5H3;5-11,13-18H,1-4H3;/q2*-1;/i5D3;;. The van der Waals surface area contributed by atoms with Gasteiger partial charge in [0.05, 0.1) is 39.3 Å². The molecule has 0 saturated carbocycles. The molecule has 0 atom stereocenters. The Labute approximate surface area is 469 Å². The average Bonchev–Trinajstić information content (AvgIpc) is 4.35. The second kappa shape index (κ2) is 20.9. The van der Waals surface area contributed by atoms with Crippen LogP contribution in [0.3, 0.4) is 0 Å². The normalized spacial score (nSPS) is 12.5. The molecule has 3 aromatic heterocycles. The summed E-state index contributed by atoms with van der Waals surface area (Å²) >= 11 is 0. The predicted octanol–water partition coefficient (Wildman–Crippen LogP) is 19.7. The van der Waals surface area contributed by atoms with Crippen molar-refractivity contribution < 1.29 is 28.6 Å². The number of aryl methyl sites for hydroxylation is 1. The van der Waals surface area contributed by atoms with Gasteiger partial charge in [0, 0.05) is 41.0 Å². The van der Waals surface area contributed by atoms with E-state index in [0.29, 0.717) is 39.8 Å². The first-order valence-corrected chi connectivity index (χ1v) is 26.7. The molecule has 0 spiro atoms. The summed E-state index contributed by atoms with van der Waals surface area (Å²) in [6.07, 6.45) is 0. The zero-order valence-electron chi connectivity index (χ0n) is 47.7. The van der Waals surface area contributed by atoms with E-state index in [1.54, 1.807) is 6.07 Å². The van der Waals surface area contributed by atoms with Gasteiger partial charge in [-0.2, -0.15) is 0 Å². The summed E-state index contributed by atoms with van der Waals surface area (Å²) in [7, 11) is 0. The fourth-order valence-corrected chi connectivity index (χ4v) is 11.3. The largest absolute Gasteiger partial charge is 0.501 e. The minimum absolute atomic E-state index is 0. The Hall–Kier alpha value is -7.89. The number of imidazole rings is 2. The zero-order chi connectivity index (χ0) is 54.9. The summed E-state index contributed by atoms with van der Waals surface area (Å²) in [5, 5.41) is 5.65. The summed E-state index contributed by atoms with van der Waals surface area (Å²) in [4.78, 5) is 10.3. The number of nitrogens with zero attached hydrogens (tertiary/aromatic N) is 4. The van der Waals surface area contributed by atoms with Crippen LogP contribution in [-0.2, 0) is 20.1 Å². The van der Waals surface area contributed by atoms with Gasteiger partial charge >= 0.3 is 0 Å². The van der Waals surface area contributed by atoms with Gasteiger partial charge in [-0.05, 0) is 127 Å². The van der Waals surface area contributed by atoms with Crippen molar-refractivity contribution in [2.24, 2.45) is 0 Å². The second-order valence-corrected chi connectivity index (χ2v) is 21.3. The van der Waals surface area contributed by atoms with E-state index in [1.807, 2.05) is 60.7 Å². The zero-order valence-corrected chi connectivity index (χ0v) is 47.1. The number of para-hydroxylation sites is 5. The number of furan rings is 1. The van der Waals surface area contributed by atoms with Gasteiger partial charge in [0.15, 0.2) is 0 Å². The molecular weight excluding hydrogens is 1120 g/mol. The van der Waals surface area contributed by atoms with Gasteiger partial charge < -0.3 is 13.6 Å². The monoisotopic (exact) mass is 1180 g/mol. The van der Waals surface area contributed by atoms with Gasteiger partial charge in [-0.15, -0.1) is 53.6 Å². The van der Waals surface area contributed by atoms with Crippen molar-refractivity contribution in [3.05, 3.63) is 228 Å². The number of hydrogen-bond donors (Lipinski definition) is 0. The van der Waals surface area contributed by atoms with Crippen LogP contribution >= 0.6 is 0 Å². The fraction of sp³-hybridized carbons (Fsp3) is 0.183. The van der Waals surface area contributed by atoms with Crippen LogP contribution in [0.25, 0.3) is 111 Å². The number of fused-ring (bicyclic) bond motifs is 8. The van der Waals surface area contributed by atoms with Gasteiger partial charge in [0.25, 0.3) is 0 Å². The Kier molecular flexibility index (Phi) is 12.9. The summed E-state index contributed by atoms with van der Waals surface area (Å²) in [5.41, 5.74) is 16.7. The molecule has 6 heteroatoms. The Bertz CT molecular complexity index is 4380. The third kappa shape index (κ3) is 9.08. The van der Waals surface area contributed by atoms with Crippen LogP contribution in [0.1, 0.15) is 111 Å². The van der Waals surface area contributed by atoms with Crippen LogP contribution in [0, 0.1) is 19.0 Å². The molecular formula is C71H62IrN4O-2. The van der Waals surface area contributed by atoms with Crippen molar-refractivity contribution in [1.29, 1.82) is 0 Å². The Morgan fingerprint density at radius 3 is 1.69 bits per heavy atom. The topological polar surface area (TPSA) is 48.8 Å². The Morgan fingerprint density at radius 2 is 1.05 bits per heavy atom. The molecule has 3 heterocycles. The molecule has 0 bridgehead atoms. The van der Waals surface area contributed by atoms with Crippen LogP contribution in [0.4, 0.5) is 0 Å². The molecule has 383 valence electrons. The molecule has 0 amide bonds. The van der Waals surface area contributed by atoms with Crippen molar-refractivity contribution in [2.75, 3.05) is 0 Å². The van der Waals surface area contributed by atoms with E-state index in [9.17, 15) is 0 Å². The molecule has 1 radical (unpaired) electrons. The maximum atomic E-state index is 8.60. The number of benzene rings is 10. The van der Waals surface area contributed by atoms with Gasteiger partial charge in [-0.3, -0.25) is 9.97 Å². The fourth-order valence-electron chi connectivity index (χ4n) is 11.3. The van der Waals surface area contributed by atoms with Crippen molar-refractivity contribution >= 4 is 65.6 Å². The van der Waals surface area contributed by atoms with Crippen LogP contribution < -0.4 is 0 Å². The van der Waals surface area contributed by atoms with Gasteiger partial charge in [-0.1, -0.05) is 182 Å². The van der Waals surface area contributed by atoms with E-state index in [2.05, 4.69) is 198 Å². The number of hydrogen-bond acceptors (Lipinski definition) is 3. The molecule has 5 nitrogen and oxygen atoms in total. The van der Waals surface area contributed by atoms with Gasteiger partial charge in [-0.25, -0.2) is 0 Å². The Balaban J connectivity index is 0.000000203. The first kappa shape index (κ1) is 47.6. The van der Waals surface area contributed by atoms with E-state index < -0.39 is 6.85 Å². The molecule has 0 aliphatic rings. The van der Waals surface area contributed by atoms with E-state index in [0.717, 1.165) is 66.1 Å². The minimum atomic E-state index is -2.39. The van der Waals surface area contributed by atoms with Crippen molar-refractivity contribution in [3.8, 4) is 45.3 Å². The van der Waals surface area contributed by atoms with Crippen LogP contribution in [0.2, 0.25) is 0 Å². The maximum absolute atomic E-state index is 8.60. The van der Waals surface area contributed by atoms with E-state index in [1.165, 1.54) is 39.1 Å². The molecule has 0 aliphatic carbocycles. The van der Waals surface area contributed by atoms with Crippen molar-refractivity contribution in [3.63, 3.8) is 0 Å². The second-order valence-electron chi connectivity index (χ2n) is 21.3. The summed E-state index contributed by atoms with van der Waals surface area (Å²) in [5.74, 6) is 2.85. The van der Waals surface area contributed by atoms with Gasteiger partial charge in [0.1, 0.15) is 5.58 Å². The summed E-state index contributed by atoms with van der Waals surface area (Å²) in [6.45, 7) is 15.6. The van der Waals surface area contributed by atoms with Crippen LogP contribution in [0.5, 0.6) is 0 Å².